The lowest BCUT2D eigenvalue weighted by molar-refractivity contribution is 0.251. The molecule has 0 N–H and O–H groups in total. The molecule has 1 saturated carbocycles. The highest BCUT2D eigenvalue weighted by Crippen LogP contribution is 2.19. The van der Waals surface area contributed by atoms with E-state index < -0.39 is 6.17 Å². The smallest absolute Gasteiger partial charge is 0.187 e. The first kappa shape index (κ1) is 8.46. The highest BCUT2D eigenvalue weighted by atomic mass is 27.0. The third kappa shape index (κ3) is 2.69. The Morgan fingerprint density at radius 1 is 1.00 bits per heavy atom. The van der Waals surface area contributed by atoms with Crippen LogP contribution in [-0.4, -0.2) is 23.5 Å². The molecule has 1 aliphatic carbocycles. The van der Waals surface area contributed by atoms with Crippen LogP contribution in [0.25, 0.3) is 0 Å². The molecule has 8 heavy (non-hydrogen) atoms. The van der Waals surface area contributed by atoms with Gasteiger partial charge in [-0.15, -0.1) is 0 Å². The maximum atomic E-state index is 12.2. The molecule has 1 rings (SSSR count). The molecule has 0 spiro atoms. The number of halogens is 1. The van der Waals surface area contributed by atoms with Gasteiger partial charge < -0.3 is 0 Å². The molecule has 2 heteroatoms. The van der Waals surface area contributed by atoms with E-state index in [1.807, 2.05) is 0 Å². The van der Waals surface area contributed by atoms with Crippen molar-refractivity contribution in [3.05, 3.63) is 0 Å². The monoisotopic (exact) mass is 132 g/mol. The lowest BCUT2D eigenvalue weighted by atomic mass is 9.99. The van der Waals surface area contributed by atoms with Gasteiger partial charge in [-0.05, 0) is 12.8 Å². The van der Waals surface area contributed by atoms with E-state index in [0.717, 1.165) is 25.7 Å². The Hall–Kier alpha value is 0.462. The number of alkyl halides is 1. The van der Waals surface area contributed by atoms with Crippen LogP contribution >= 0.6 is 0 Å². The van der Waals surface area contributed by atoms with Crippen molar-refractivity contribution in [3.63, 3.8) is 0 Å². The van der Waals surface area contributed by atoms with Gasteiger partial charge in [-0.3, -0.25) is 0 Å². The van der Waals surface area contributed by atoms with E-state index in [-0.39, 0.29) is 17.4 Å². The lowest BCUT2D eigenvalue weighted by Crippen LogP contribution is -2.04. The van der Waals surface area contributed by atoms with E-state index in [0.29, 0.717) is 0 Å². The summed E-state index contributed by atoms with van der Waals surface area (Å²) in [6.07, 6.45) is 4.65. The maximum absolute atomic E-state index is 12.2. The van der Waals surface area contributed by atoms with Crippen LogP contribution in [0.15, 0.2) is 0 Å². The van der Waals surface area contributed by atoms with Gasteiger partial charge in [-0.1, -0.05) is 19.3 Å². The van der Waals surface area contributed by atoms with Crippen LogP contribution in [0.2, 0.25) is 0 Å². The second-order valence-corrected chi connectivity index (χ2v) is 2.24. The van der Waals surface area contributed by atoms with Crippen molar-refractivity contribution in [1.82, 2.24) is 0 Å². The van der Waals surface area contributed by atoms with Gasteiger partial charge in [0, 0.05) is 0 Å². The van der Waals surface area contributed by atoms with Crippen LogP contribution in [0.4, 0.5) is 4.39 Å². The summed E-state index contributed by atoms with van der Waals surface area (Å²) in [5.41, 5.74) is 0. The minimum absolute atomic E-state index is 0. The minimum Gasteiger partial charge on any atom is -0.247 e. The van der Waals surface area contributed by atoms with E-state index in [1.165, 1.54) is 6.42 Å². The van der Waals surface area contributed by atoms with Crippen molar-refractivity contribution in [2.45, 2.75) is 38.3 Å². The largest absolute Gasteiger partial charge is 0.247 e. The first-order valence-electron chi connectivity index (χ1n) is 3.03. The van der Waals surface area contributed by atoms with Gasteiger partial charge in [-0.25, -0.2) is 4.39 Å². The molecular formula is C6H14AlF. The highest BCUT2D eigenvalue weighted by Gasteiger charge is 2.09. The van der Waals surface area contributed by atoms with Gasteiger partial charge in [0.15, 0.2) is 17.4 Å². The van der Waals surface area contributed by atoms with E-state index >= 15 is 0 Å². The summed E-state index contributed by atoms with van der Waals surface area (Å²) < 4.78 is 12.2. The Kier molecular flexibility index (Phi) is 4.60. The molecule has 0 aromatic carbocycles. The summed E-state index contributed by atoms with van der Waals surface area (Å²) in [5.74, 6) is 0. The lowest BCUT2D eigenvalue weighted by Gasteiger charge is -2.12. The SMILES string of the molecule is FC1CCCCC1.[AlH3]. The predicted octanol–water partition coefficient (Wildman–Crippen LogP) is 1.10. The van der Waals surface area contributed by atoms with Gasteiger partial charge in [0.1, 0.15) is 6.17 Å². The van der Waals surface area contributed by atoms with Crippen molar-refractivity contribution in [1.29, 1.82) is 0 Å². The summed E-state index contributed by atoms with van der Waals surface area (Å²) in [5, 5.41) is 0. The zero-order valence-electron chi connectivity index (χ0n) is 4.49. The van der Waals surface area contributed by atoms with E-state index in [9.17, 15) is 4.39 Å². The van der Waals surface area contributed by atoms with Crippen LogP contribution < -0.4 is 0 Å². The number of hydrogen-bond acceptors (Lipinski definition) is 0. The molecule has 0 saturated heterocycles. The molecule has 1 fully saturated rings. The molecule has 0 bridgehead atoms. The summed E-state index contributed by atoms with van der Waals surface area (Å²) in [4.78, 5) is 0. The molecule has 0 aliphatic heterocycles. The van der Waals surface area contributed by atoms with Crippen LogP contribution in [0.3, 0.4) is 0 Å². The van der Waals surface area contributed by atoms with Gasteiger partial charge >= 0.3 is 0 Å². The summed E-state index contributed by atoms with van der Waals surface area (Å²) in [6, 6.07) is 0. The minimum atomic E-state index is -0.464. The Bertz CT molecular complexity index is 50.5. The maximum Gasteiger partial charge on any atom is 0.187 e. The molecule has 0 heterocycles. The van der Waals surface area contributed by atoms with Crippen LogP contribution in [0.1, 0.15) is 32.1 Å². The zero-order valence-corrected chi connectivity index (χ0v) is 4.49. The molecule has 0 aromatic heterocycles. The Labute approximate surface area is 60.6 Å². The van der Waals surface area contributed by atoms with Crippen LogP contribution in [0, 0.1) is 0 Å². The Morgan fingerprint density at radius 3 is 1.75 bits per heavy atom. The van der Waals surface area contributed by atoms with Crippen molar-refractivity contribution in [3.8, 4) is 0 Å². The normalized spacial score (nSPS) is 22.1. The highest BCUT2D eigenvalue weighted by molar-refractivity contribution is 5.75. The van der Waals surface area contributed by atoms with Crippen LogP contribution in [0.5, 0.6) is 0 Å². The molecule has 1 aliphatic rings. The van der Waals surface area contributed by atoms with E-state index in [4.69, 9.17) is 0 Å². The molecule has 0 unspecified atom stereocenters. The Balaban J connectivity index is 0.000000490. The van der Waals surface area contributed by atoms with Crippen LogP contribution in [-0.2, 0) is 0 Å². The molecule has 0 amide bonds. The fourth-order valence-electron chi connectivity index (χ4n) is 1.05. The molecule has 0 aromatic rings. The molecule has 0 nitrogen and oxygen atoms in total. The van der Waals surface area contributed by atoms with Crippen molar-refractivity contribution >= 4 is 17.4 Å². The fourth-order valence-corrected chi connectivity index (χ4v) is 1.05. The quantitative estimate of drug-likeness (QED) is 0.433. The van der Waals surface area contributed by atoms with E-state index in [2.05, 4.69) is 0 Å². The fraction of sp³-hybridized carbons (Fsp3) is 1.00. The van der Waals surface area contributed by atoms with Gasteiger partial charge in [-0.2, -0.15) is 0 Å². The Morgan fingerprint density at radius 2 is 1.50 bits per heavy atom. The second kappa shape index (κ2) is 4.35. The average Bonchev–Trinajstić information content (AvgIpc) is 1.69. The number of rotatable bonds is 0. The summed E-state index contributed by atoms with van der Waals surface area (Å²) >= 11 is 0. The van der Waals surface area contributed by atoms with Gasteiger partial charge in [0.05, 0.1) is 0 Å². The molecular weight excluding hydrogens is 118 g/mol. The van der Waals surface area contributed by atoms with Crippen molar-refractivity contribution in [2.24, 2.45) is 0 Å². The second-order valence-electron chi connectivity index (χ2n) is 2.24. The first-order chi connectivity index (χ1) is 3.39. The van der Waals surface area contributed by atoms with E-state index in [1.54, 1.807) is 0 Å². The predicted molar refractivity (Wildman–Crippen MR) is 37.9 cm³/mol. The van der Waals surface area contributed by atoms with Gasteiger partial charge in [0.25, 0.3) is 0 Å². The third-order valence-electron chi connectivity index (χ3n) is 1.53. The third-order valence-corrected chi connectivity index (χ3v) is 1.53. The summed E-state index contributed by atoms with van der Waals surface area (Å²) in [6.45, 7) is 0. The molecule has 48 valence electrons. The van der Waals surface area contributed by atoms with Crippen molar-refractivity contribution in [2.75, 3.05) is 0 Å². The molecule has 0 radical (unpaired) electrons. The molecule has 0 atom stereocenters. The topological polar surface area (TPSA) is 0 Å². The number of hydrogen-bond donors (Lipinski definition) is 0. The standard InChI is InChI=1S/C6H11F.Al.3H/c7-6-4-2-1-3-5-6;;;;/h6H,1-5H2;;;;. The van der Waals surface area contributed by atoms with Gasteiger partial charge in [0.2, 0.25) is 0 Å². The van der Waals surface area contributed by atoms with Crippen molar-refractivity contribution < 1.29 is 4.39 Å². The summed E-state index contributed by atoms with van der Waals surface area (Å²) in [7, 11) is 0. The average molecular weight is 132 g/mol. The zero-order chi connectivity index (χ0) is 5.11. The first-order valence-corrected chi connectivity index (χ1v) is 3.03.